The highest BCUT2D eigenvalue weighted by Crippen LogP contribution is 2.36. The van der Waals surface area contributed by atoms with Gasteiger partial charge >= 0.3 is 0 Å². The zero-order valence-corrected chi connectivity index (χ0v) is 15.9. The number of carbonyl (C=O) groups excluding carboxylic acids is 2. The van der Waals surface area contributed by atoms with Crippen molar-refractivity contribution in [2.45, 2.75) is 38.6 Å². The Bertz CT molecular complexity index is 766. The normalized spacial score (nSPS) is 20.7. The Labute approximate surface area is 159 Å². The van der Waals surface area contributed by atoms with Gasteiger partial charge in [-0.05, 0) is 49.7 Å². The summed E-state index contributed by atoms with van der Waals surface area (Å²) in [5.74, 6) is 1.09. The van der Waals surface area contributed by atoms with Gasteiger partial charge in [-0.1, -0.05) is 6.07 Å². The minimum Gasteiger partial charge on any atom is -0.349 e. The molecule has 0 aromatic carbocycles. The van der Waals surface area contributed by atoms with E-state index in [-0.39, 0.29) is 17.9 Å². The summed E-state index contributed by atoms with van der Waals surface area (Å²) in [6, 6.07) is 5.76. The van der Waals surface area contributed by atoms with E-state index in [0.717, 1.165) is 31.4 Å². The van der Waals surface area contributed by atoms with Gasteiger partial charge in [0.25, 0.3) is 5.91 Å². The van der Waals surface area contributed by atoms with E-state index in [2.05, 4.69) is 20.6 Å². The smallest absolute Gasteiger partial charge is 0.287 e. The quantitative estimate of drug-likeness (QED) is 0.817. The summed E-state index contributed by atoms with van der Waals surface area (Å²) in [5, 5.41) is 6.07. The SMILES string of the molecule is CC(=O)N[C@@H](c1ccccn1)C1CCC(CNC(=O)c2nccn2C)CC1. The third kappa shape index (κ3) is 4.93. The van der Waals surface area contributed by atoms with Crippen molar-refractivity contribution in [1.29, 1.82) is 0 Å². The molecule has 2 amide bonds. The number of aromatic nitrogens is 3. The van der Waals surface area contributed by atoms with E-state index in [4.69, 9.17) is 0 Å². The zero-order chi connectivity index (χ0) is 19.2. The summed E-state index contributed by atoms with van der Waals surface area (Å²) in [5.41, 5.74) is 0.916. The van der Waals surface area contributed by atoms with Crippen molar-refractivity contribution in [2.75, 3.05) is 6.54 Å². The van der Waals surface area contributed by atoms with Crippen molar-refractivity contribution in [1.82, 2.24) is 25.2 Å². The number of nitrogens with one attached hydrogen (secondary N) is 2. The van der Waals surface area contributed by atoms with Crippen LogP contribution in [0.15, 0.2) is 36.8 Å². The molecule has 0 unspecified atom stereocenters. The standard InChI is InChI=1S/C20H27N5O2/c1-14(26)24-18(17-5-3-4-10-21-17)16-8-6-15(7-9-16)13-23-20(27)19-22-11-12-25(19)2/h3-5,10-12,15-16,18H,6-9,13H2,1-2H3,(H,23,27)(H,24,26)/t15?,16?,18-/m1/s1. The van der Waals surface area contributed by atoms with Crippen LogP contribution in [-0.4, -0.2) is 32.9 Å². The minimum atomic E-state index is -0.130. The van der Waals surface area contributed by atoms with Gasteiger partial charge in [0.15, 0.2) is 5.82 Å². The number of hydrogen-bond donors (Lipinski definition) is 2. The largest absolute Gasteiger partial charge is 0.349 e. The molecule has 0 bridgehead atoms. The Balaban J connectivity index is 1.53. The highest BCUT2D eigenvalue weighted by Gasteiger charge is 2.30. The van der Waals surface area contributed by atoms with Crippen LogP contribution < -0.4 is 10.6 Å². The molecule has 2 aromatic rings. The molecule has 3 rings (SSSR count). The Morgan fingerprint density at radius 2 is 1.96 bits per heavy atom. The van der Waals surface area contributed by atoms with Crippen molar-refractivity contribution in [3.05, 3.63) is 48.3 Å². The van der Waals surface area contributed by atoms with Gasteiger partial charge in [-0.25, -0.2) is 4.98 Å². The molecule has 7 nitrogen and oxygen atoms in total. The number of rotatable bonds is 6. The molecule has 2 heterocycles. The second-order valence-electron chi connectivity index (χ2n) is 7.29. The number of pyridine rings is 1. The van der Waals surface area contributed by atoms with Crippen LogP contribution in [0.3, 0.4) is 0 Å². The fourth-order valence-corrected chi connectivity index (χ4v) is 3.84. The van der Waals surface area contributed by atoms with Gasteiger partial charge in [0.1, 0.15) is 0 Å². The Kier molecular flexibility index (Phi) is 6.21. The summed E-state index contributed by atoms with van der Waals surface area (Å²) in [6.07, 6.45) is 9.21. The Morgan fingerprint density at radius 3 is 2.56 bits per heavy atom. The Morgan fingerprint density at radius 1 is 1.19 bits per heavy atom. The van der Waals surface area contributed by atoms with Gasteiger partial charge in [0, 0.05) is 39.1 Å². The average Bonchev–Trinajstić information content (AvgIpc) is 3.11. The van der Waals surface area contributed by atoms with E-state index < -0.39 is 0 Å². The maximum atomic E-state index is 12.2. The third-order valence-corrected chi connectivity index (χ3v) is 5.30. The van der Waals surface area contributed by atoms with Crippen molar-refractivity contribution >= 4 is 11.8 Å². The van der Waals surface area contributed by atoms with Crippen LogP contribution in [-0.2, 0) is 11.8 Å². The second-order valence-corrected chi connectivity index (χ2v) is 7.29. The Hall–Kier alpha value is -2.70. The van der Waals surface area contributed by atoms with Crippen molar-refractivity contribution < 1.29 is 9.59 Å². The molecule has 2 N–H and O–H groups in total. The molecule has 144 valence electrons. The van der Waals surface area contributed by atoms with Crippen LogP contribution in [0.25, 0.3) is 0 Å². The van der Waals surface area contributed by atoms with E-state index >= 15 is 0 Å². The minimum absolute atomic E-state index is 0.0323. The van der Waals surface area contributed by atoms with Crippen LogP contribution in [0.5, 0.6) is 0 Å². The lowest BCUT2D eigenvalue weighted by Gasteiger charge is -2.34. The summed E-state index contributed by atoms with van der Waals surface area (Å²) in [6.45, 7) is 2.21. The fourth-order valence-electron chi connectivity index (χ4n) is 3.84. The van der Waals surface area contributed by atoms with E-state index in [1.807, 2.05) is 25.2 Å². The molecule has 0 radical (unpaired) electrons. The summed E-state index contributed by atoms with van der Waals surface area (Å²) in [7, 11) is 1.81. The highest BCUT2D eigenvalue weighted by molar-refractivity contribution is 5.90. The monoisotopic (exact) mass is 369 g/mol. The number of amides is 2. The molecule has 2 aromatic heterocycles. The van der Waals surface area contributed by atoms with Crippen LogP contribution in [0, 0.1) is 11.8 Å². The van der Waals surface area contributed by atoms with Gasteiger partial charge in [-0.3, -0.25) is 14.6 Å². The van der Waals surface area contributed by atoms with Crippen molar-refractivity contribution in [2.24, 2.45) is 18.9 Å². The molecular weight excluding hydrogens is 342 g/mol. The highest BCUT2D eigenvalue weighted by atomic mass is 16.2. The van der Waals surface area contributed by atoms with E-state index in [1.165, 1.54) is 0 Å². The predicted molar refractivity (Wildman–Crippen MR) is 102 cm³/mol. The molecule has 1 atom stereocenters. The molecular formula is C20H27N5O2. The first-order valence-electron chi connectivity index (χ1n) is 9.48. The molecule has 1 aliphatic carbocycles. The van der Waals surface area contributed by atoms with E-state index in [1.54, 1.807) is 30.1 Å². The topological polar surface area (TPSA) is 88.9 Å². The maximum Gasteiger partial charge on any atom is 0.287 e. The molecule has 1 saturated carbocycles. The van der Waals surface area contributed by atoms with E-state index in [9.17, 15) is 9.59 Å². The van der Waals surface area contributed by atoms with Gasteiger partial charge in [-0.2, -0.15) is 0 Å². The van der Waals surface area contributed by atoms with Crippen LogP contribution in [0.4, 0.5) is 0 Å². The first-order chi connectivity index (χ1) is 13.0. The first kappa shape index (κ1) is 19.1. The molecule has 0 saturated heterocycles. The number of carbonyl (C=O) groups is 2. The van der Waals surface area contributed by atoms with Gasteiger partial charge in [0.2, 0.25) is 5.91 Å². The van der Waals surface area contributed by atoms with Crippen LogP contribution in [0.1, 0.15) is 55.0 Å². The lowest BCUT2D eigenvalue weighted by molar-refractivity contribution is -0.120. The second kappa shape index (κ2) is 8.79. The lowest BCUT2D eigenvalue weighted by atomic mass is 9.77. The van der Waals surface area contributed by atoms with Gasteiger partial charge in [-0.15, -0.1) is 0 Å². The first-order valence-corrected chi connectivity index (χ1v) is 9.48. The molecule has 1 fully saturated rings. The molecule has 7 heteroatoms. The molecule has 27 heavy (non-hydrogen) atoms. The number of nitrogens with zero attached hydrogens (tertiary/aromatic N) is 3. The average molecular weight is 369 g/mol. The zero-order valence-electron chi connectivity index (χ0n) is 15.9. The molecule has 1 aliphatic rings. The number of imidazole rings is 1. The summed E-state index contributed by atoms with van der Waals surface area (Å²) >= 11 is 0. The van der Waals surface area contributed by atoms with Crippen LogP contribution in [0.2, 0.25) is 0 Å². The fraction of sp³-hybridized carbons (Fsp3) is 0.500. The predicted octanol–water partition coefficient (Wildman–Crippen LogP) is 2.23. The van der Waals surface area contributed by atoms with E-state index in [0.29, 0.717) is 24.2 Å². The summed E-state index contributed by atoms with van der Waals surface area (Å²) < 4.78 is 1.72. The number of aryl methyl sites for hydroxylation is 1. The number of hydrogen-bond acceptors (Lipinski definition) is 4. The molecule has 0 aliphatic heterocycles. The van der Waals surface area contributed by atoms with Crippen molar-refractivity contribution in [3.63, 3.8) is 0 Å². The maximum absolute atomic E-state index is 12.2. The van der Waals surface area contributed by atoms with Crippen molar-refractivity contribution in [3.8, 4) is 0 Å². The summed E-state index contributed by atoms with van der Waals surface area (Å²) in [4.78, 5) is 32.4. The van der Waals surface area contributed by atoms with Gasteiger partial charge < -0.3 is 15.2 Å². The molecule has 0 spiro atoms. The lowest BCUT2D eigenvalue weighted by Crippen LogP contribution is -2.37. The third-order valence-electron chi connectivity index (χ3n) is 5.30. The van der Waals surface area contributed by atoms with Crippen LogP contribution >= 0.6 is 0 Å². The van der Waals surface area contributed by atoms with Gasteiger partial charge in [0.05, 0.1) is 11.7 Å².